The first-order chi connectivity index (χ1) is 10.6. The Morgan fingerprint density at radius 1 is 1.41 bits per heavy atom. The third-order valence-electron chi connectivity index (χ3n) is 2.78. The molecular weight excluding hydrogens is 302 g/mol. The fourth-order valence-corrected chi connectivity index (χ4v) is 1.88. The molecule has 2 rings (SSSR count). The summed E-state index contributed by atoms with van der Waals surface area (Å²) >= 11 is 5.92. The van der Waals surface area contributed by atoms with Crippen molar-refractivity contribution in [1.82, 2.24) is 4.98 Å². The number of methoxy groups -OCH3 is 1. The molecule has 1 N–H and O–H groups in total. The zero-order chi connectivity index (χ0) is 15.9. The Balaban J connectivity index is 2.23. The van der Waals surface area contributed by atoms with Crippen molar-refractivity contribution in [3.63, 3.8) is 0 Å². The minimum atomic E-state index is -0.532. The molecule has 5 nitrogen and oxygen atoms in total. The Hall–Kier alpha value is -2.84. The molecule has 0 saturated heterocycles. The summed E-state index contributed by atoms with van der Waals surface area (Å²) in [6.45, 7) is 0. The predicted molar refractivity (Wildman–Crippen MR) is 84.5 cm³/mol. The molecule has 0 fully saturated rings. The average molecular weight is 314 g/mol. The van der Waals surface area contributed by atoms with Crippen LogP contribution >= 0.6 is 11.6 Å². The Bertz CT molecular complexity index is 766. The number of hydrogen-bond acceptors (Lipinski definition) is 4. The lowest BCUT2D eigenvalue weighted by molar-refractivity contribution is -0.112. The van der Waals surface area contributed by atoms with E-state index >= 15 is 0 Å². The third kappa shape index (κ3) is 3.84. The van der Waals surface area contributed by atoms with Crippen LogP contribution in [-0.2, 0) is 4.79 Å². The Morgan fingerprint density at radius 2 is 2.23 bits per heavy atom. The molecule has 0 saturated carbocycles. The number of benzene rings is 1. The van der Waals surface area contributed by atoms with Crippen LogP contribution in [0.15, 0.2) is 48.2 Å². The van der Waals surface area contributed by atoms with Gasteiger partial charge >= 0.3 is 0 Å². The highest BCUT2D eigenvalue weighted by Gasteiger charge is 2.11. The monoisotopic (exact) mass is 313 g/mol. The number of carbonyl (C=O) groups excluding carboxylic acids is 1. The van der Waals surface area contributed by atoms with E-state index in [1.54, 1.807) is 36.4 Å². The van der Waals surface area contributed by atoms with Gasteiger partial charge in [0.1, 0.15) is 22.5 Å². The van der Waals surface area contributed by atoms with E-state index in [0.717, 1.165) is 0 Å². The maximum atomic E-state index is 12.2. The van der Waals surface area contributed by atoms with E-state index in [0.29, 0.717) is 17.0 Å². The molecule has 2 aromatic rings. The van der Waals surface area contributed by atoms with Gasteiger partial charge in [0.05, 0.1) is 7.11 Å². The number of carbonyl (C=O) groups is 1. The zero-order valence-electron chi connectivity index (χ0n) is 11.7. The van der Waals surface area contributed by atoms with Crippen molar-refractivity contribution in [3.05, 3.63) is 58.9 Å². The molecule has 0 aliphatic rings. The zero-order valence-corrected chi connectivity index (χ0v) is 12.5. The van der Waals surface area contributed by atoms with Gasteiger partial charge in [0.2, 0.25) is 0 Å². The first kappa shape index (κ1) is 15.5. The standard InChI is InChI=1S/C16H12ClN3O2/c1-22-14-6-2-5-13(9-14)20-16(21)12(10-18)8-11-4-3-7-19-15(11)17/h2-9H,1H3,(H,20,21). The van der Waals surface area contributed by atoms with E-state index in [4.69, 9.17) is 21.6 Å². The van der Waals surface area contributed by atoms with Gasteiger partial charge in [-0.2, -0.15) is 5.26 Å². The summed E-state index contributed by atoms with van der Waals surface area (Å²) in [5.74, 6) is 0.0752. The number of aromatic nitrogens is 1. The van der Waals surface area contributed by atoms with Gasteiger partial charge < -0.3 is 10.1 Å². The molecule has 0 radical (unpaired) electrons. The second-order valence-electron chi connectivity index (χ2n) is 4.24. The molecule has 0 aliphatic heterocycles. The Morgan fingerprint density at radius 3 is 2.91 bits per heavy atom. The van der Waals surface area contributed by atoms with Crippen LogP contribution in [0.1, 0.15) is 5.56 Å². The highest BCUT2D eigenvalue weighted by atomic mass is 35.5. The molecule has 22 heavy (non-hydrogen) atoms. The second-order valence-corrected chi connectivity index (χ2v) is 4.60. The Kier molecular flexibility index (Phi) is 5.12. The summed E-state index contributed by atoms with van der Waals surface area (Å²) in [4.78, 5) is 16.0. The number of halogens is 1. The van der Waals surface area contributed by atoms with Gasteiger partial charge in [-0.05, 0) is 24.3 Å². The van der Waals surface area contributed by atoms with Gasteiger partial charge in [-0.15, -0.1) is 0 Å². The lowest BCUT2D eigenvalue weighted by Crippen LogP contribution is -2.13. The van der Waals surface area contributed by atoms with Crippen molar-refractivity contribution >= 4 is 29.3 Å². The molecule has 0 spiro atoms. The van der Waals surface area contributed by atoms with Gasteiger partial charge in [-0.1, -0.05) is 23.7 Å². The van der Waals surface area contributed by atoms with Crippen LogP contribution in [0.4, 0.5) is 5.69 Å². The van der Waals surface area contributed by atoms with Gasteiger partial charge in [0.25, 0.3) is 5.91 Å². The van der Waals surface area contributed by atoms with E-state index in [-0.39, 0.29) is 10.7 Å². The number of pyridine rings is 1. The summed E-state index contributed by atoms with van der Waals surface area (Å²) in [6.07, 6.45) is 2.92. The molecule has 110 valence electrons. The van der Waals surface area contributed by atoms with Crippen LogP contribution in [0.3, 0.4) is 0 Å². The van der Waals surface area contributed by atoms with Crippen molar-refractivity contribution in [2.45, 2.75) is 0 Å². The van der Waals surface area contributed by atoms with Crippen molar-refractivity contribution in [2.24, 2.45) is 0 Å². The van der Waals surface area contributed by atoms with Crippen molar-refractivity contribution < 1.29 is 9.53 Å². The second kappa shape index (κ2) is 7.25. The van der Waals surface area contributed by atoms with Gasteiger partial charge in [-0.3, -0.25) is 4.79 Å². The van der Waals surface area contributed by atoms with Crippen LogP contribution in [0.25, 0.3) is 6.08 Å². The predicted octanol–water partition coefficient (Wildman–Crippen LogP) is 3.29. The van der Waals surface area contributed by atoms with Crippen molar-refractivity contribution in [1.29, 1.82) is 5.26 Å². The maximum absolute atomic E-state index is 12.2. The number of ether oxygens (including phenoxy) is 1. The average Bonchev–Trinajstić information content (AvgIpc) is 2.54. The highest BCUT2D eigenvalue weighted by Crippen LogP contribution is 2.19. The third-order valence-corrected chi connectivity index (χ3v) is 3.10. The van der Waals surface area contributed by atoms with E-state index in [1.165, 1.54) is 19.4 Å². The molecule has 6 heteroatoms. The van der Waals surface area contributed by atoms with Gasteiger partial charge in [0.15, 0.2) is 0 Å². The fraction of sp³-hybridized carbons (Fsp3) is 0.0625. The number of nitrogens with zero attached hydrogens (tertiary/aromatic N) is 2. The molecule has 1 heterocycles. The first-order valence-corrected chi connectivity index (χ1v) is 6.69. The first-order valence-electron chi connectivity index (χ1n) is 6.31. The minimum Gasteiger partial charge on any atom is -0.497 e. The number of amides is 1. The van der Waals surface area contributed by atoms with E-state index < -0.39 is 5.91 Å². The summed E-state index contributed by atoms with van der Waals surface area (Å²) in [5, 5.41) is 12.0. The molecule has 0 aliphatic carbocycles. The smallest absolute Gasteiger partial charge is 0.266 e. The van der Waals surface area contributed by atoms with Crippen LogP contribution in [0.2, 0.25) is 5.15 Å². The summed E-state index contributed by atoms with van der Waals surface area (Å²) in [6, 6.07) is 12.1. The molecule has 1 aromatic carbocycles. The highest BCUT2D eigenvalue weighted by molar-refractivity contribution is 6.31. The number of anilines is 1. The molecular formula is C16H12ClN3O2. The van der Waals surface area contributed by atoms with E-state index in [2.05, 4.69) is 10.3 Å². The molecule has 1 amide bonds. The summed E-state index contributed by atoms with van der Waals surface area (Å²) in [7, 11) is 1.53. The number of nitriles is 1. The molecule has 1 aromatic heterocycles. The minimum absolute atomic E-state index is 0.0716. The van der Waals surface area contributed by atoms with Crippen LogP contribution in [-0.4, -0.2) is 18.0 Å². The largest absolute Gasteiger partial charge is 0.497 e. The van der Waals surface area contributed by atoms with E-state index in [1.807, 2.05) is 6.07 Å². The SMILES string of the molecule is COc1cccc(NC(=O)C(C#N)=Cc2cccnc2Cl)c1. The van der Waals surface area contributed by atoms with Crippen LogP contribution in [0, 0.1) is 11.3 Å². The fourth-order valence-electron chi connectivity index (χ4n) is 1.71. The lowest BCUT2D eigenvalue weighted by atomic mass is 10.1. The summed E-state index contributed by atoms with van der Waals surface area (Å²) < 4.78 is 5.08. The van der Waals surface area contributed by atoms with Crippen LogP contribution in [0.5, 0.6) is 5.75 Å². The topological polar surface area (TPSA) is 75.0 Å². The molecule has 0 unspecified atom stereocenters. The van der Waals surface area contributed by atoms with Crippen LogP contribution < -0.4 is 10.1 Å². The molecule has 0 bridgehead atoms. The van der Waals surface area contributed by atoms with E-state index in [9.17, 15) is 4.79 Å². The maximum Gasteiger partial charge on any atom is 0.266 e. The van der Waals surface area contributed by atoms with Gasteiger partial charge in [-0.25, -0.2) is 4.98 Å². The number of nitrogens with one attached hydrogen (secondary N) is 1. The molecule has 0 atom stereocenters. The lowest BCUT2D eigenvalue weighted by Gasteiger charge is -2.06. The quantitative estimate of drug-likeness (QED) is 0.534. The summed E-state index contributed by atoms with van der Waals surface area (Å²) in [5.41, 5.74) is 0.960. The van der Waals surface area contributed by atoms with Gasteiger partial charge in [0, 0.05) is 23.5 Å². The number of hydrogen-bond donors (Lipinski definition) is 1. The number of rotatable bonds is 4. The van der Waals surface area contributed by atoms with Crippen molar-refractivity contribution in [2.75, 3.05) is 12.4 Å². The normalized spacial score (nSPS) is 10.7. The Labute approximate surface area is 132 Å². The van der Waals surface area contributed by atoms with Crippen molar-refractivity contribution in [3.8, 4) is 11.8 Å².